The lowest BCUT2D eigenvalue weighted by atomic mass is 10.0. The molecule has 2 unspecified atom stereocenters. The molecule has 1 aromatic carbocycles. The number of hydrogen-bond donors (Lipinski definition) is 1. The molecule has 0 aliphatic rings. The second-order valence-electron chi connectivity index (χ2n) is 4.47. The molecule has 0 saturated heterocycles. The number of pyridine rings is 1. The highest BCUT2D eigenvalue weighted by Crippen LogP contribution is 2.32. The zero-order valence-electron chi connectivity index (χ0n) is 11.1. The first-order valence-corrected chi connectivity index (χ1v) is 7.14. The molecule has 0 aliphatic carbocycles. The molecule has 1 heterocycles. The number of nitrogens with zero attached hydrogens (tertiary/aromatic N) is 1. The summed E-state index contributed by atoms with van der Waals surface area (Å²) in [5, 5.41) is 1.07. The van der Waals surface area contributed by atoms with Crippen molar-refractivity contribution in [1.29, 1.82) is 0 Å². The summed E-state index contributed by atoms with van der Waals surface area (Å²) in [4.78, 5) is 4.11. The molecule has 0 bridgehead atoms. The van der Waals surface area contributed by atoms with Gasteiger partial charge in [0.2, 0.25) is 0 Å². The highest BCUT2D eigenvalue weighted by molar-refractivity contribution is 6.34. The van der Waals surface area contributed by atoms with E-state index < -0.39 is 0 Å². The van der Waals surface area contributed by atoms with Crippen LogP contribution in [0.2, 0.25) is 10.0 Å². The Morgan fingerprint density at radius 3 is 2.75 bits per heavy atom. The lowest BCUT2D eigenvalue weighted by Crippen LogP contribution is -2.31. The fraction of sp³-hybridized carbons (Fsp3) is 0.267. The minimum atomic E-state index is -0.315. The van der Waals surface area contributed by atoms with Crippen LogP contribution in [0, 0.1) is 0 Å². The average Bonchev–Trinajstić information content (AvgIpc) is 2.48. The third-order valence-electron chi connectivity index (χ3n) is 3.02. The van der Waals surface area contributed by atoms with E-state index in [1.54, 1.807) is 30.6 Å². The van der Waals surface area contributed by atoms with Crippen LogP contribution in [-0.4, -0.2) is 11.0 Å². The molecule has 2 aromatic rings. The minimum Gasteiger partial charge on any atom is -0.482 e. The number of nitrogens with two attached hydrogens (primary N) is 1. The van der Waals surface area contributed by atoms with Gasteiger partial charge in [0.15, 0.2) is 0 Å². The van der Waals surface area contributed by atoms with E-state index in [1.165, 1.54) is 0 Å². The number of benzene rings is 1. The summed E-state index contributed by atoms with van der Waals surface area (Å²) in [6.45, 7) is 2.01. The van der Waals surface area contributed by atoms with Gasteiger partial charge in [-0.2, -0.15) is 0 Å². The van der Waals surface area contributed by atoms with Gasteiger partial charge in [-0.1, -0.05) is 36.2 Å². The quantitative estimate of drug-likeness (QED) is 0.898. The van der Waals surface area contributed by atoms with E-state index in [0.29, 0.717) is 15.8 Å². The van der Waals surface area contributed by atoms with Gasteiger partial charge >= 0.3 is 0 Å². The van der Waals surface area contributed by atoms with Gasteiger partial charge in [-0.25, -0.2) is 0 Å². The Bertz CT molecular complexity index is 563. The van der Waals surface area contributed by atoms with Crippen LogP contribution in [0.15, 0.2) is 42.7 Å². The van der Waals surface area contributed by atoms with E-state index >= 15 is 0 Å². The van der Waals surface area contributed by atoms with Crippen molar-refractivity contribution in [3.63, 3.8) is 0 Å². The van der Waals surface area contributed by atoms with Crippen LogP contribution in [0.3, 0.4) is 0 Å². The number of hydrogen-bond acceptors (Lipinski definition) is 3. The molecule has 0 radical (unpaired) electrons. The van der Waals surface area contributed by atoms with Gasteiger partial charge < -0.3 is 10.5 Å². The van der Waals surface area contributed by atoms with Gasteiger partial charge in [0.25, 0.3) is 0 Å². The van der Waals surface area contributed by atoms with Gasteiger partial charge in [0, 0.05) is 35.1 Å². The van der Waals surface area contributed by atoms with Crippen molar-refractivity contribution < 1.29 is 4.74 Å². The molecule has 20 heavy (non-hydrogen) atoms. The largest absolute Gasteiger partial charge is 0.482 e. The van der Waals surface area contributed by atoms with E-state index in [-0.39, 0.29) is 12.1 Å². The zero-order chi connectivity index (χ0) is 14.5. The molecule has 0 aliphatic heterocycles. The van der Waals surface area contributed by atoms with Gasteiger partial charge in [-0.05, 0) is 24.6 Å². The maximum Gasteiger partial charge on any atom is 0.140 e. The Balaban J connectivity index is 2.31. The third kappa shape index (κ3) is 3.63. The van der Waals surface area contributed by atoms with Gasteiger partial charge in [-0.3, -0.25) is 4.98 Å². The molecule has 3 nitrogen and oxygen atoms in total. The maximum atomic E-state index is 6.16. The standard InChI is InChI=1S/C15H16Cl2N2O/c1-2-13(18)15(10-4-3-7-19-9-10)20-14-8-11(16)5-6-12(14)17/h3-9,13,15H,2,18H2,1H3. The summed E-state index contributed by atoms with van der Waals surface area (Å²) in [7, 11) is 0. The Labute approximate surface area is 128 Å². The predicted octanol–water partition coefficient (Wildman–Crippen LogP) is 4.25. The lowest BCUT2D eigenvalue weighted by Gasteiger charge is -2.25. The van der Waals surface area contributed by atoms with Crippen molar-refractivity contribution in [1.82, 2.24) is 4.98 Å². The molecular formula is C15H16Cl2N2O. The summed E-state index contributed by atoms with van der Waals surface area (Å²) in [5.41, 5.74) is 7.07. The van der Waals surface area contributed by atoms with E-state index in [4.69, 9.17) is 33.7 Å². The first kappa shape index (κ1) is 15.1. The molecule has 2 N–H and O–H groups in total. The summed E-state index contributed by atoms with van der Waals surface area (Å²) in [6.07, 6.45) is 3.92. The molecule has 0 spiro atoms. The van der Waals surface area contributed by atoms with E-state index in [0.717, 1.165) is 12.0 Å². The highest BCUT2D eigenvalue weighted by Gasteiger charge is 2.21. The number of halogens is 2. The van der Waals surface area contributed by atoms with Crippen LogP contribution in [0.4, 0.5) is 0 Å². The lowest BCUT2D eigenvalue weighted by molar-refractivity contribution is 0.171. The minimum absolute atomic E-state index is 0.158. The summed E-state index contributed by atoms with van der Waals surface area (Å²) >= 11 is 12.1. The van der Waals surface area contributed by atoms with Crippen molar-refractivity contribution in [3.8, 4) is 5.75 Å². The van der Waals surface area contributed by atoms with Crippen molar-refractivity contribution in [2.45, 2.75) is 25.5 Å². The Morgan fingerprint density at radius 2 is 2.10 bits per heavy atom. The smallest absolute Gasteiger partial charge is 0.140 e. The molecule has 0 amide bonds. The van der Waals surface area contributed by atoms with Gasteiger partial charge in [0.1, 0.15) is 11.9 Å². The molecule has 106 valence electrons. The van der Waals surface area contributed by atoms with Crippen LogP contribution < -0.4 is 10.5 Å². The van der Waals surface area contributed by atoms with Crippen LogP contribution in [-0.2, 0) is 0 Å². The van der Waals surface area contributed by atoms with E-state index in [1.807, 2.05) is 19.1 Å². The monoisotopic (exact) mass is 310 g/mol. The van der Waals surface area contributed by atoms with Crippen molar-refractivity contribution in [2.24, 2.45) is 5.73 Å². The molecule has 2 rings (SSSR count). The van der Waals surface area contributed by atoms with Crippen LogP contribution in [0.5, 0.6) is 5.75 Å². The van der Waals surface area contributed by atoms with Gasteiger partial charge in [0.05, 0.1) is 5.02 Å². The van der Waals surface area contributed by atoms with E-state index in [9.17, 15) is 0 Å². The summed E-state index contributed by atoms with van der Waals surface area (Å²) in [5.74, 6) is 0.525. The molecule has 0 fully saturated rings. The van der Waals surface area contributed by atoms with Crippen molar-refractivity contribution in [2.75, 3.05) is 0 Å². The number of aromatic nitrogens is 1. The fourth-order valence-corrected chi connectivity index (χ4v) is 2.19. The number of rotatable bonds is 5. The second-order valence-corrected chi connectivity index (χ2v) is 5.32. The van der Waals surface area contributed by atoms with E-state index in [2.05, 4.69) is 4.98 Å². The summed E-state index contributed by atoms with van der Waals surface area (Å²) in [6, 6.07) is 8.75. The second kappa shape index (κ2) is 6.93. The first-order valence-electron chi connectivity index (χ1n) is 6.39. The Morgan fingerprint density at radius 1 is 1.30 bits per heavy atom. The predicted molar refractivity (Wildman–Crippen MR) is 82.3 cm³/mol. The fourth-order valence-electron chi connectivity index (χ4n) is 1.87. The Kier molecular flexibility index (Phi) is 5.24. The molecule has 2 atom stereocenters. The SMILES string of the molecule is CCC(N)C(Oc1cc(Cl)ccc1Cl)c1cccnc1. The van der Waals surface area contributed by atoms with Crippen molar-refractivity contribution >= 4 is 23.2 Å². The van der Waals surface area contributed by atoms with Crippen molar-refractivity contribution in [3.05, 3.63) is 58.3 Å². The van der Waals surface area contributed by atoms with Crippen LogP contribution in [0.25, 0.3) is 0 Å². The molecule has 5 heteroatoms. The first-order chi connectivity index (χ1) is 9.61. The summed E-state index contributed by atoms with van der Waals surface area (Å²) < 4.78 is 5.98. The number of ether oxygens (including phenoxy) is 1. The normalized spacial score (nSPS) is 13.8. The van der Waals surface area contributed by atoms with Crippen LogP contribution in [0.1, 0.15) is 25.0 Å². The van der Waals surface area contributed by atoms with Gasteiger partial charge in [-0.15, -0.1) is 0 Å². The maximum absolute atomic E-state index is 6.16. The molecular weight excluding hydrogens is 295 g/mol. The van der Waals surface area contributed by atoms with Crippen LogP contribution >= 0.6 is 23.2 Å². The average molecular weight is 311 g/mol. The Hall–Kier alpha value is -1.29. The third-order valence-corrected chi connectivity index (χ3v) is 3.57. The topological polar surface area (TPSA) is 48.1 Å². The zero-order valence-corrected chi connectivity index (χ0v) is 12.6. The molecule has 0 saturated carbocycles. The molecule has 1 aromatic heterocycles. The highest BCUT2D eigenvalue weighted by atomic mass is 35.5.